The Labute approximate surface area is 112 Å². The van der Waals surface area contributed by atoms with Crippen molar-refractivity contribution in [3.05, 3.63) is 35.9 Å². The molecule has 0 amide bonds. The first kappa shape index (κ1) is 15.2. The lowest BCUT2D eigenvalue weighted by atomic mass is 9.81. The van der Waals surface area contributed by atoms with E-state index in [9.17, 15) is 0 Å². The van der Waals surface area contributed by atoms with Crippen LogP contribution in [0.15, 0.2) is 30.3 Å². The fraction of sp³-hybridized carbons (Fsp3) is 0.625. The van der Waals surface area contributed by atoms with Gasteiger partial charge >= 0.3 is 0 Å². The fourth-order valence-electron chi connectivity index (χ4n) is 2.64. The Kier molecular flexibility index (Phi) is 6.37. The number of hydrogen-bond donors (Lipinski definition) is 1. The molecule has 1 aromatic carbocycles. The second-order valence-corrected chi connectivity index (χ2v) is 5.33. The molecule has 0 spiro atoms. The van der Waals surface area contributed by atoms with Gasteiger partial charge in [0.05, 0.1) is 0 Å². The molecule has 0 aliphatic heterocycles. The summed E-state index contributed by atoms with van der Waals surface area (Å²) in [5, 5.41) is 3.35. The molecular weight excluding hydrogens is 220 g/mol. The van der Waals surface area contributed by atoms with E-state index >= 15 is 0 Å². The van der Waals surface area contributed by atoms with Crippen LogP contribution in [0, 0.1) is 0 Å². The molecule has 1 unspecified atom stereocenters. The number of hydrogen-bond acceptors (Lipinski definition) is 2. The highest BCUT2D eigenvalue weighted by Gasteiger charge is 2.27. The largest absolute Gasteiger partial charge is 0.319 e. The van der Waals surface area contributed by atoms with Crippen LogP contribution in [0.1, 0.15) is 32.8 Å². The van der Waals surface area contributed by atoms with Crippen LogP contribution in [0.3, 0.4) is 0 Å². The van der Waals surface area contributed by atoms with Gasteiger partial charge in [0, 0.05) is 18.5 Å². The molecule has 1 aromatic rings. The van der Waals surface area contributed by atoms with Crippen molar-refractivity contribution in [2.45, 2.75) is 32.6 Å². The van der Waals surface area contributed by atoms with E-state index in [0.717, 1.165) is 19.6 Å². The summed E-state index contributed by atoms with van der Waals surface area (Å²) in [6, 6.07) is 10.9. The second kappa shape index (κ2) is 7.55. The lowest BCUT2D eigenvalue weighted by Crippen LogP contribution is -2.45. The summed E-state index contributed by atoms with van der Waals surface area (Å²) >= 11 is 0. The fourth-order valence-corrected chi connectivity index (χ4v) is 2.64. The highest BCUT2D eigenvalue weighted by molar-refractivity contribution is 5.25. The Hall–Kier alpha value is -0.860. The maximum absolute atomic E-state index is 3.35. The van der Waals surface area contributed by atoms with Gasteiger partial charge in [-0.25, -0.2) is 0 Å². The molecule has 0 heterocycles. The van der Waals surface area contributed by atoms with E-state index in [1.165, 1.54) is 18.5 Å². The Bertz CT molecular complexity index is 323. The number of likely N-dealkylation sites (N-methyl/N-ethyl adjacent to an activating group) is 2. The predicted molar refractivity (Wildman–Crippen MR) is 80.1 cm³/mol. The van der Waals surface area contributed by atoms with Crippen LogP contribution < -0.4 is 5.32 Å². The number of nitrogens with zero attached hydrogens (tertiary/aromatic N) is 1. The van der Waals surface area contributed by atoms with Gasteiger partial charge in [-0.3, -0.25) is 0 Å². The molecule has 0 fully saturated rings. The average molecular weight is 248 g/mol. The van der Waals surface area contributed by atoms with Crippen LogP contribution in [0.4, 0.5) is 0 Å². The van der Waals surface area contributed by atoms with Crippen LogP contribution in [0.5, 0.6) is 0 Å². The molecule has 0 aliphatic carbocycles. The topological polar surface area (TPSA) is 15.3 Å². The summed E-state index contributed by atoms with van der Waals surface area (Å²) in [4.78, 5) is 2.55. The minimum Gasteiger partial charge on any atom is -0.319 e. The summed E-state index contributed by atoms with van der Waals surface area (Å²) in [5.41, 5.74) is 1.61. The number of benzene rings is 1. The highest BCUT2D eigenvalue weighted by Crippen LogP contribution is 2.24. The zero-order valence-electron chi connectivity index (χ0n) is 12.4. The Morgan fingerprint density at radius 2 is 1.83 bits per heavy atom. The maximum atomic E-state index is 3.35. The average Bonchev–Trinajstić information content (AvgIpc) is 2.39. The van der Waals surface area contributed by atoms with Gasteiger partial charge in [-0.05, 0) is 32.1 Å². The van der Waals surface area contributed by atoms with Crippen molar-refractivity contribution in [2.75, 3.05) is 33.2 Å². The molecular formula is C16H28N2. The minimum atomic E-state index is 0.182. The van der Waals surface area contributed by atoms with Crippen molar-refractivity contribution < 1.29 is 0 Å². The molecule has 102 valence electrons. The molecule has 2 heteroatoms. The SMILES string of the molecule is CCCN(CC)CC(C)(CNC)c1ccccc1. The third-order valence-electron chi connectivity index (χ3n) is 3.60. The zero-order chi connectivity index (χ0) is 13.4. The van der Waals surface area contributed by atoms with Crippen molar-refractivity contribution in [2.24, 2.45) is 0 Å². The van der Waals surface area contributed by atoms with E-state index in [1.807, 2.05) is 7.05 Å². The Morgan fingerprint density at radius 3 is 2.33 bits per heavy atom. The molecule has 2 nitrogen and oxygen atoms in total. The van der Waals surface area contributed by atoms with E-state index in [-0.39, 0.29) is 5.41 Å². The van der Waals surface area contributed by atoms with Crippen LogP contribution in [-0.4, -0.2) is 38.1 Å². The molecule has 0 aromatic heterocycles. The summed E-state index contributed by atoms with van der Waals surface area (Å²) in [7, 11) is 2.04. The minimum absolute atomic E-state index is 0.182. The smallest absolute Gasteiger partial charge is 0.0176 e. The summed E-state index contributed by atoms with van der Waals surface area (Å²) in [5.74, 6) is 0. The van der Waals surface area contributed by atoms with Gasteiger partial charge < -0.3 is 10.2 Å². The quantitative estimate of drug-likeness (QED) is 0.761. The van der Waals surface area contributed by atoms with Crippen molar-refractivity contribution in [3.8, 4) is 0 Å². The van der Waals surface area contributed by atoms with Crippen molar-refractivity contribution in [3.63, 3.8) is 0 Å². The van der Waals surface area contributed by atoms with Gasteiger partial charge in [0.2, 0.25) is 0 Å². The monoisotopic (exact) mass is 248 g/mol. The van der Waals surface area contributed by atoms with Gasteiger partial charge in [-0.2, -0.15) is 0 Å². The van der Waals surface area contributed by atoms with Crippen molar-refractivity contribution in [1.82, 2.24) is 10.2 Å². The molecule has 1 N–H and O–H groups in total. The lowest BCUT2D eigenvalue weighted by Gasteiger charge is -2.35. The molecule has 18 heavy (non-hydrogen) atoms. The van der Waals surface area contributed by atoms with Crippen molar-refractivity contribution >= 4 is 0 Å². The van der Waals surface area contributed by atoms with E-state index in [0.29, 0.717) is 0 Å². The third-order valence-corrected chi connectivity index (χ3v) is 3.60. The van der Waals surface area contributed by atoms with Gasteiger partial charge in [0.1, 0.15) is 0 Å². The Morgan fingerprint density at radius 1 is 1.17 bits per heavy atom. The third kappa shape index (κ3) is 4.11. The first-order valence-electron chi connectivity index (χ1n) is 7.08. The summed E-state index contributed by atoms with van der Waals surface area (Å²) in [6.07, 6.45) is 1.22. The molecule has 1 atom stereocenters. The van der Waals surface area contributed by atoms with Crippen LogP contribution in [-0.2, 0) is 5.41 Å². The van der Waals surface area contributed by atoms with Gasteiger partial charge in [0.15, 0.2) is 0 Å². The first-order chi connectivity index (χ1) is 8.66. The number of rotatable bonds is 8. The maximum Gasteiger partial charge on any atom is 0.0176 e. The van der Waals surface area contributed by atoms with Gasteiger partial charge in [-0.1, -0.05) is 51.1 Å². The number of nitrogens with one attached hydrogen (secondary N) is 1. The second-order valence-electron chi connectivity index (χ2n) is 5.33. The molecule has 0 radical (unpaired) electrons. The standard InChI is InChI=1S/C16H28N2/c1-5-12-18(6-2)14-16(3,13-17-4)15-10-8-7-9-11-15/h7-11,17H,5-6,12-14H2,1-4H3. The van der Waals surface area contributed by atoms with Crippen LogP contribution in [0.25, 0.3) is 0 Å². The van der Waals surface area contributed by atoms with E-state index in [1.54, 1.807) is 0 Å². The van der Waals surface area contributed by atoms with Crippen LogP contribution >= 0.6 is 0 Å². The van der Waals surface area contributed by atoms with Gasteiger partial charge in [0.25, 0.3) is 0 Å². The normalized spacial score (nSPS) is 14.7. The summed E-state index contributed by atoms with van der Waals surface area (Å²) in [6.45, 7) is 11.3. The Balaban J connectivity index is 2.86. The van der Waals surface area contributed by atoms with Crippen molar-refractivity contribution in [1.29, 1.82) is 0 Å². The first-order valence-corrected chi connectivity index (χ1v) is 7.08. The summed E-state index contributed by atoms with van der Waals surface area (Å²) < 4.78 is 0. The molecule has 0 saturated heterocycles. The molecule has 0 aliphatic rings. The van der Waals surface area contributed by atoms with E-state index < -0.39 is 0 Å². The van der Waals surface area contributed by atoms with Crippen LogP contribution in [0.2, 0.25) is 0 Å². The predicted octanol–water partition coefficient (Wildman–Crippen LogP) is 2.90. The highest BCUT2D eigenvalue weighted by atomic mass is 15.1. The zero-order valence-corrected chi connectivity index (χ0v) is 12.4. The molecule has 0 saturated carbocycles. The van der Waals surface area contributed by atoms with E-state index in [2.05, 4.69) is 61.3 Å². The molecule has 0 bridgehead atoms. The van der Waals surface area contributed by atoms with Gasteiger partial charge in [-0.15, -0.1) is 0 Å². The van der Waals surface area contributed by atoms with E-state index in [4.69, 9.17) is 0 Å². The lowest BCUT2D eigenvalue weighted by molar-refractivity contribution is 0.222. The molecule has 1 rings (SSSR count).